The molecule has 0 bridgehead atoms. The van der Waals surface area contributed by atoms with Gasteiger partial charge in [-0.15, -0.1) is 0 Å². The molecule has 22 heavy (non-hydrogen) atoms. The Labute approximate surface area is 132 Å². The van der Waals surface area contributed by atoms with Gasteiger partial charge >= 0.3 is 0 Å². The van der Waals surface area contributed by atoms with Gasteiger partial charge in [0.25, 0.3) is 0 Å². The van der Waals surface area contributed by atoms with E-state index in [9.17, 15) is 13.2 Å². The molecule has 1 aromatic carbocycles. The van der Waals surface area contributed by atoms with E-state index >= 15 is 0 Å². The Bertz CT molecular complexity index is 605. The first-order valence-electron chi connectivity index (χ1n) is 7.52. The third-order valence-corrected chi connectivity index (χ3v) is 5.63. The van der Waals surface area contributed by atoms with Gasteiger partial charge < -0.3 is 10.2 Å². The lowest BCUT2D eigenvalue weighted by Gasteiger charge is -2.31. The lowest BCUT2D eigenvalue weighted by Crippen LogP contribution is -2.46. The van der Waals surface area contributed by atoms with Crippen LogP contribution >= 0.6 is 0 Å². The van der Waals surface area contributed by atoms with E-state index in [1.807, 2.05) is 14.0 Å². The van der Waals surface area contributed by atoms with E-state index in [-0.39, 0.29) is 10.8 Å². The molecule has 1 aliphatic heterocycles. The second kappa shape index (κ2) is 7.21. The van der Waals surface area contributed by atoms with E-state index in [0.29, 0.717) is 25.2 Å². The molecule has 0 aliphatic carbocycles. The van der Waals surface area contributed by atoms with E-state index in [1.54, 1.807) is 24.3 Å². The summed E-state index contributed by atoms with van der Waals surface area (Å²) in [7, 11) is -1.46. The van der Waals surface area contributed by atoms with Crippen LogP contribution in [0.1, 0.15) is 19.8 Å². The zero-order valence-corrected chi connectivity index (χ0v) is 13.9. The molecule has 122 valence electrons. The van der Waals surface area contributed by atoms with Gasteiger partial charge in [0, 0.05) is 38.3 Å². The van der Waals surface area contributed by atoms with Crippen molar-refractivity contribution in [3.63, 3.8) is 0 Å². The van der Waals surface area contributed by atoms with Gasteiger partial charge in [0.15, 0.2) is 0 Å². The monoisotopic (exact) mass is 325 g/mol. The summed E-state index contributed by atoms with van der Waals surface area (Å²) in [5.74, 6) is -0.0582. The number of carbonyl (C=O) groups excluding carboxylic acids is 1. The summed E-state index contributed by atoms with van der Waals surface area (Å²) >= 11 is 0. The number of hydrogen-bond acceptors (Lipinski definition) is 4. The van der Waals surface area contributed by atoms with Crippen LogP contribution < -0.4 is 5.32 Å². The second-order valence-corrected chi connectivity index (χ2v) is 7.47. The number of nitrogens with one attached hydrogen (secondary N) is 1. The van der Waals surface area contributed by atoms with E-state index < -0.39 is 10.0 Å². The Morgan fingerprint density at radius 2 is 1.73 bits per heavy atom. The van der Waals surface area contributed by atoms with E-state index in [4.69, 9.17) is 0 Å². The third kappa shape index (κ3) is 4.06. The Hall–Kier alpha value is -1.44. The fourth-order valence-electron chi connectivity index (χ4n) is 2.34. The molecule has 7 heteroatoms. The number of hydrogen-bond donors (Lipinski definition) is 1. The molecule has 0 unspecified atom stereocenters. The Balaban J connectivity index is 2.07. The highest BCUT2D eigenvalue weighted by molar-refractivity contribution is 7.89. The van der Waals surface area contributed by atoms with Gasteiger partial charge in [-0.05, 0) is 37.7 Å². The number of nitrogens with zero attached hydrogens (tertiary/aromatic N) is 2. The predicted molar refractivity (Wildman–Crippen MR) is 86.2 cm³/mol. The van der Waals surface area contributed by atoms with Crippen LogP contribution in [0.4, 0.5) is 5.69 Å². The SMILES string of the molecule is CCCC(=O)Nc1ccc(S(=O)(=O)N2CCN(C)CC2)cc1. The molecule has 1 N–H and O–H groups in total. The zero-order chi connectivity index (χ0) is 16.2. The average Bonchev–Trinajstić information content (AvgIpc) is 2.48. The quantitative estimate of drug-likeness (QED) is 0.887. The lowest BCUT2D eigenvalue weighted by molar-refractivity contribution is -0.116. The minimum atomic E-state index is -3.45. The molecule has 0 atom stereocenters. The highest BCUT2D eigenvalue weighted by atomic mass is 32.2. The number of rotatable bonds is 5. The van der Waals surface area contributed by atoms with Gasteiger partial charge in [-0.3, -0.25) is 4.79 Å². The lowest BCUT2D eigenvalue weighted by atomic mass is 10.3. The molecule has 1 aliphatic rings. The van der Waals surface area contributed by atoms with Gasteiger partial charge in [-0.25, -0.2) is 8.42 Å². The predicted octanol–water partition coefficient (Wildman–Crippen LogP) is 1.36. The number of likely N-dealkylation sites (N-methyl/N-ethyl adjacent to an activating group) is 1. The Morgan fingerprint density at radius 1 is 1.14 bits per heavy atom. The number of anilines is 1. The van der Waals surface area contributed by atoms with Gasteiger partial charge in [0.2, 0.25) is 15.9 Å². The largest absolute Gasteiger partial charge is 0.326 e. The number of benzene rings is 1. The third-order valence-electron chi connectivity index (χ3n) is 3.72. The molecule has 1 aromatic rings. The van der Waals surface area contributed by atoms with E-state index in [0.717, 1.165) is 19.5 Å². The van der Waals surface area contributed by atoms with Gasteiger partial charge in [0.1, 0.15) is 0 Å². The van der Waals surface area contributed by atoms with E-state index in [2.05, 4.69) is 10.2 Å². The van der Waals surface area contributed by atoms with Crippen molar-refractivity contribution in [2.45, 2.75) is 24.7 Å². The van der Waals surface area contributed by atoms with Crippen LogP contribution in [-0.4, -0.2) is 56.8 Å². The summed E-state index contributed by atoms with van der Waals surface area (Å²) in [5.41, 5.74) is 0.621. The highest BCUT2D eigenvalue weighted by Gasteiger charge is 2.27. The van der Waals surface area contributed by atoms with Crippen molar-refractivity contribution in [1.82, 2.24) is 9.21 Å². The zero-order valence-electron chi connectivity index (χ0n) is 13.1. The van der Waals surface area contributed by atoms with Crippen molar-refractivity contribution in [3.05, 3.63) is 24.3 Å². The first-order valence-corrected chi connectivity index (χ1v) is 8.96. The van der Waals surface area contributed by atoms with Crippen LogP contribution in [0.3, 0.4) is 0 Å². The summed E-state index contributed by atoms with van der Waals surface area (Å²) in [6.45, 7) is 4.43. The van der Waals surface area contributed by atoms with Crippen molar-refractivity contribution in [1.29, 1.82) is 0 Å². The van der Waals surface area contributed by atoms with Crippen LogP contribution in [0.2, 0.25) is 0 Å². The first kappa shape index (κ1) is 16.9. The highest BCUT2D eigenvalue weighted by Crippen LogP contribution is 2.19. The molecular weight excluding hydrogens is 302 g/mol. The van der Waals surface area contributed by atoms with Crippen molar-refractivity contribution >= 4 is 21.6 Å². The average molecular weight is 325 g/mol. The van der Waals surface area contributed by atoms with Crippen LogP contribution in [0.15, 0.2) is 29.2 Å². The normalized spacial score (nSPS) is 17.4. The van der Waals surface area contributed by atoms with Gasteiger partial charge in [-0.2, -0.15) is 4.31 Å². The van der Waals surface area contributed by atoms with Crippen molar-refractivity contribution < 1.29 is 13.2 Å². The molecule has 0 saturated carbocycles. The van der Waals surface area contributed by atoms with Gasteiger partial charge in [0.05, 0.1) is 4.90 Å². The minimum Gasteiger partial charge on any atom is -0.326 e. The molecule has 2 rings (SSSR count). The number of carbonyl (C=O) groups is 1. The second-order valence-electron chi connectivity index (χ2n) is 5.53. The molecule has 0 radical (unpaired) electrons. The molecular formula is C15H23N3O3S. The van der Waals surface area contributed by atoms with Crippen LogP contribution in [-0.2, 0) is 14.8 Å². The van der Waals surface area contributed by atoms with Crippen molar-refractivity contribution in [2.75, 3.05) is 38.5 Å². The van der Waals surface area contributed by atoms with Crippen LogP contribution in [0.5, 0.6) is 0 Å². The molecule has 1 heterocycles. The molecule has 0 aromatic heterocycles. The Morgan fingerprint density at radius 3 is 2.27 bits per heavy atom. The Kier molecular flexibility index (Phi) is 5.55. The maximum absolute atomic E-state index is 12.5. The molecule has 1 fully saturated rings. The number of piperazine rings is 1. The first-order chi connectivity index (χ1) is 10.4. The molecule has 6 nitrogen and oxygen atoms in total. The summed E-state index contributed by atoms with van der Waals surface area (Å²) < 4.78 is 26.6. The topological polar surface area (TPSA) is 69.7 Å². The maximum atomic E-state index is 12.5. The van der Waals surface area contributed by atoms with Crippen LogP contribution in [0, 0.1) is 0 Å². The summed E-state index contributed by atoms with van der Waals surface area (Å²) in [6, 6.07) is 6.37. The molecule has 1 amide bonds. The minimum absolute atomic E-state index is 0.0582. The van der Waals surface area contributed by atoms with Crippen molar-refractivity contribution in [3.8, 4) is 0 Å². The van der Waals surface area contributed by atoms with Crippen molar-refractivity contribution in [2.24, 2.45) is 0 Å². The van der Waals surface area contributed by atoms with Crippen LogP contribution in [0.25, 0.3) is 0 Å². The van der Waals surface area contributed by atoms with E-state index in [1.165, 1.54) is 4.31 Å². The fraction of sp³-hybridized carbons (Fsp3) is 0.533. The summed E-state index contributed by atoms with van der Waals surface area (Å²) in [6.07, 6.45) is 1.24. The molecule has 1 saturated heterocycles. The van der Waals surface area contributed by atoms with Gasteiger partial charge in [-0.1, -0.05) is 6.92 Å². The maximum Gasteiger partial charge on any atom is 0.243 e. The smallest absolute Gasteiger partial charge is 0.243 e. The molecule has 0 spiro atoms. The standard InChI is InChI=1S/C15H23N3O3S/c1-3-4-15(19)16-13-5-7-14(8-6-13)22(20,21)18-11-9-17(2)10-12-18/h5-8H,3-4,9-12H2,1-2H3,(H,16,19). The number of sulfonamides is 1. The summed E-state index contributed by atoms with van der Waals surface area (Å²) in [5, 5.41) is 2.75. The summed E-state index contributed by atoms with van der Waals surface area (Å²) in [4.78, 5) is 13.9. The fourth-order valence-corrected chi connectivity index (χ4v) is 3.76. The number of amides is 1.